The van der Waals surface area contributed by atoms with Gasteiger partial charge >= 0.3 is 0 Å². The number of benzene rings is 4. The molecule has 4 aromatic rings. The Labute approximate surface area is 337 Å². The summed E-state index contributed by atoms with van der Waals surface area (Å²) in [6, 6.07) is 43.2. The monoisotopic (exact) mass is 792 g/mol. The Morgan fingerprint density at radius 1 is 0.509 bits per heavy atom. The normalized spacial score (nSPS) is 13.9. The van der Waals surface area contributed by atoms with Crippen LogP contribution in [0.4, 0.5) is 0 Å². The SMILES string of the molecule is CC(CC#C[C@@H](O)CCO[Si](C)(C)C(C)(C)C)(CO[Si](c1ccccc1)(c1ccccc1)C(C)(C)C)CO[Si](c1ccccc1)(c1ccccc1)C(C)(C)C. The van der Waals surface area contributed by atoms with E-state index in [2.05, 4.69) is 215 Å². The van der Waals surface area contributed by atoms with Crippen molar-refractivity contribution in [1.29, 1.82) is 0 Å². The second-order valence-corrected chi connectivity index (χ2v) is 32.5. The summed E-state index contributed by atoms with van der Waals surface area (Å²) in [7, 11) is -7.65. The third-order valence-electron chi connectivity index (χ3n) is 11.6. The van der Waals surface area contributed by atoms with Crippen LogP contribution in [0.3, 0.4) is 0 Å². The van der Waals surface area contributed by atoms with Gasteiger partial charge in [0.2, 0.25) is 0 Å². The van der Waals surface area contributed by atoms with Crippen molar-refractivity contribution in [2.75, 3.05) is 19.8 Å². The first-order valence-corrected chi connectivity index (χ1v) is 26.7. The summed E-state index contributed by atoms with van der Waals surface area (Å²) in [5.41, 5.74) is -0.509. The minimum absolute atomic E-state index is 0.113. The molecule has 4 aromatic carbocycles. The van der Waals surface area contributed by atoms with Crippen molar-refractivity contribution in [3.63, 3.8) is 0 Å². The lowest BCUT2D eigenvalue weighted by Crippen LogP contribution is -2.68. The molecule has 1 N–H and O–H groups in total. The molecule has 4 rings (SSSR count). The van der Waals surface area contributed by atoms with E-state index in [9.17, 15) is 5.11 Å². The van der Waals surface area contributed by atoms with Crippen LogP contribution in [-0.2, 0) is 13.3 Å². The van der Waals surface area contributed by atoms with Crippen molar-refractivity contribution in [2.45, 2.75) is 116 Å². The molecule has 0 aliphatic carbocycles. The molecule has 0 heterocycles. The zero-order chi connectivity index (χ0) is 40.6. The number of aliphatic hydroxyl groups is 1. The Bertz CT molecular complexity index is 1630. The van der Waals surface area contributed by atoms with Gasteiger partial charge in [-0.25, -0.2) is 0 Å². The highest BCUT2D eigenvalue weighted by molar-refractivity contribution is 7.00. The summed E-state index contributed by atoms with van der Waals surface area (Å²) in [5.74, 6) is 6.64. The first kappa shape index (κ1) is 44.6. The maximum absolute atomic E-state index is 11.1. The topological polar surface area (TPSA) is 47.9 Å². The number of aliphatic hydroxyl groups excluding tert-OH is 1. The molecule has 0 spiro atoms. The average Bonchev–Trinajstić information content (AvgIpc) is 3.12. The maximum atomic E-state index is 11.1. The van der Waals surface area contributed by atoms with Gasteiger partial charge in [0.1, 0.15) is 6.10 Å². The zero-order valence-corrected chi connectivity index (χ0v) is 38.8. The van der Waals surface area contributed by atoms with Crippen LogP contribution in [0.1, 0.15) is 82.1 Å². The highest BCUT2D eigenvalue weighted by atomic mass is 28.4. The number of hydrogen-bond donors (Lipinski definition) is 1. The largest absolute Gasteiger partial charge is 0.417 e. The van der Waals surface area contributed by atoms with Gasteiger partial charge in [-0.2, -0.15) is 0 Å². The second-order valence-electron chi connectivity index (χ2n) is 19.1. The smallest absolute Gasteiger partial charge is 0.261 e. The highest BCUT2D eigenvalue weighted by Gasteiger charge is 2.53. The highest BCUT2D eigenvalue weighted by Crippen LogP contribution is 2.41. The first-order chi connectivity index (χ1) is 25.7. The van der Waals surface area contributed by atoms with Crippen LogP contribution in [0.2, 0.25) is 28.2 Å². The van der Waals surface area contributed by atoms with Crippen LogP contribution < -0.4 is 20.7 Å². The molecule has 0 aliphatic heterocycles. The van der Waals surface area contributed by atoms with Crippen LogP contribution in [0.25, 0.3) is 0 Å². The van der Waals surface area contributed by atoms with E-state index in [1.54, 1.807) is 0 Å². The number of hydrogen-bond acceptors (Lipinski definition) is 4. The van der Waals surface area contributed by atoms with Gasteiger partial charge in [0.05, 0.1) is 0 Å². The minimum Gasteiger partial charge on any atom is -0.417 e. The molecule has 0 saturated heterocycles. The zero-order valence-electron chi connectivity index (χ0n) is 35.8. The van der Waals surface area contributed by atoms with Gasteiger partial charge in [-0.15, -0.1) is 0 Å². The summed E-state index contributed by atoms with van der Waals surface area (Å²) < 4.78 is 21.6. The van der Waals surface area contributed by atoms with E-state index in [4.69, 9.17) is 13.3 Å². The van der Waals surface area contributed by atoms with Gasteiger partial charge in [0, 0.05) is 38.1 Å². The van der Waals surface area contributed by atoms with Crippen molar-refractivity contribution in [1.82, 2.24) is 0 Å². The fraction of sp³-hybridized carbons (Fsp3) is 0.458. The van der Waals surface area contributed by atoms with Crippen LogP contribution in [0.5, 0.6) is 0 Å². The van der Waals surface area contributed by atoms with Crippen LogP contribution in [-0.4, -0.2) is 56.0 Å². The van der Waals surface area contributed by atoms with Crippen molar-refractivity contribution < 1.29 is 18.4 Å². The first-order valence-electron chi connectivity index (χ1n) is 20.0. The number of rotatable bonds is 15. The quantitative estimate of drug-likeness (QED) is 0.0964. The predicted octanol–water partition coefficient (Wildman–Crippen LogP) is 9.31. The molecule has 0 aromatic heterocycles. The second kappa shape index (κ2) is 18.0. The third kappa shape index (κ3) is 10.5. The Balaban J connectivity index is 1.77. The van der Waals surface area contributed by atoms with E-state index in [0.717, 1.165) is 0 Å². The lowest BCUT2D eigenvalue weighted by atomic mass is 9.89. The van der Waals surface area contributed by atoms with Crippen molar-refractivity contribution in [2.24, 2.45) is 5.41 Å². The van der Waals surface area contributed by atoms with Gasteiger partial charge < -0.3 is 18.4 Å². The molecular formula is C48H68O4Si3. The molecule has 0 amide bonds. The predicted molar refractivity (Wildman–Crippen MR) is 241 cm³/mol. The Morgan fingerprint density at radius 3 is 1.13 bits per heavy atom. The summed E-state index contributed by atoms with van der Waals surface area (Å²) in [6.45, 7) is 28.7. The standard InChI is InChI=1S/C48H68O4Si3/c1-45(2,3)53(11,12)50-37-35-40(49)26-25-36-48(10,38-51-54(46(4,5)6,41-27-17-13-18-28-41)42-29-19-14-20-30-42)39-52-55(47(7,8)9,43-31-21-15-22-32-43)44-33-23-16-24-34-44/h13-24,27-34,40,49H,35-39H2,1-12H3/t40-/m1/s1. The van der Waals surface area contributed by atoms with Crippen LogP contribution >= 0.6 is 0 Å². The summed E-state index contributed by atoms with van der Waals surface area (Å²) in [4.78, 5) is 0. The molecule has 0 bridgehead atoms. The van der Waals surface area contributed by atoms with E-state index in [-0.39, 0.29) is 15.1 Å². The fourth-order valence-electron chi connectivity index (χ4n) is 7.33. The minimum atomic E-state index is -2.87. The van der Waals surface area contributed by atoms with Crippen LogP contribution in [0.15, 0.2) is 121 Å². The van der Waals surface area contributed by atoms with E-state index in [1.807, 2.05) is 0 Å². The third-order valence-corrected chi connectivity index (χ3v) is 26.1. The summed E-state index contributed by atoms with van der Waals surface area (Å²) >= 11 is 0. The van der Waals surface area contributed by atoms with Crippen molar-refractivity contribution in [3.05, 3.63) is 121 Å². The molecule has 296 valence electrons. The van der Waals surface area contributed by atoms with Crippen molar-refractivity contribution >= 4 is 45.7 Å². The average molecular weight is 793 g/mol. The van der Waals surface area contributed by atoms with E-state index in [0.29, 0.717) is 32.7 Å². The Hall–Kier alpha value is -3.07. The lowest BCUT2D eigenvalue weighted by Gasteiger charge is -2.47. The molecule has 4 nitrogen and oxygen atoms in total. The molecule has 7 heteroatoms. The molecule has 0 fully saturated rings. The molecule has 0 unspecified atom stereocenters. The van der Waals surface area contributed by atoms with Crippen LogP contribution in [0, 0.1) is 17.3 Å². The maximum Gasteiger partial charge on any atom is 0.261 e. The molecule has 55 heavy (non-hydrogen) atoms. The molecule has 0 radical (unpaired) electrons. The lowest BCUT2D eigenvalue weighted by molar-refractivity contribution is 0.0881. The van der Waals surface area contributed by atoms with Gasteiger partial charge in [-0.1, -0.05) is 202 Å². The summed E-state index contributed by atoms with van der Waals surface area (Å²) in [6.07, 6.45) is 0.209. The van der Waals surface area contributed by atoms with Gasteiger partial charge in [0.25, 0.3) is 16.6 Å². The summed E-state index contributed by atoms with van der Waals surface area (Å²) in [5, 5.41) is 15.8. The van der Waals surface area contributed by atoms with Gasteiger partial charge in [-0.3, -0.25) is 0 Å². The molecule has 0 saturated carbocycles. The van der Waals surface area contributed by atoms with E-state index in [1.165, 1.54) is 20.7 Å². The Kier molecular flexibility index (Phi) is 14.6. The van der Waals surface area contributed by atoms with E-state index < -0.39 is 36.5 Å². The fourth-order valence-corrected chi connectivity index (χ4v) is 17.8. The Morgan fingerprint density at radius 2 is 0.836 bits per heavy atom. The van der Waals surface area contributed by atoms with Gasteiger partial charge in [0.15, 0.2) is 8.32 Å². The molecule has 1 atom stereocenters. The molecule has 0 aliphatic rings. The van der Waals surface area contributed by atoms with Gasteiger partial charge in [-0.05, 0) is 49.0 Å². The van der Waals surface area contributed by atoms with Crippen molar-refractivity contribution in [3.8, 4) is 11.8 Å². The van der Waals surface area contributed by atoms with E-state index >= 15 is 0 Å². The molecular weight excluding hydrogens is 725 g/mol.